The Kier molecular flexibility index (Phi) is 9.61. The Morgan fingerprint density at radius 2 is 1.68 bits per heavy atom. The standard InChI is InChI=1S/C30H34F3NO3/c1-5-7-18-34(20-23-12-17-28(21(3)19-23)36-37-29(35)9-6-2)27-11-8-10-26(22(27)4)24-13-15-25(16-14-24)30(31,32)33/h8,10-17,19H,5-7,9,18,20H2,1-4H3. The van der Waals surface area contributed by atoms with E-state index < -0.39 is 17.7 Å². The van der Waals surface area contributed by atoms with E-state index >= 15 is 0 Å². The molecular formula is C30H34F3NO3. The minimum Gasteiger partial charge on any atom is -0.367 e. The predicted molar refractivity (Wildman–Crippen MR) is 140 cm³/mol. The van der Waals surface area contributed by atoms with E-state index in [-0.39, 0.29) is 0 Å². The van der Waals surface area contributed by atoms with Crippen LogP contribution in [0.4, 0.5) is 18.9 Å². The molecule has 3 aromatic rings. The molecular weight excluding hydrogens is 479 g/mol. The van der Waals surface area contributed by atoms with Crippen LogP contribution < -0.4 is 9.79 Å². The topological polar surface area (TPSA) is 38.8 Å². The summed E-state index contributed by atoms with van der Waals surface area (Å²) in [5.74, 6) is 0.0916. The van der Waals surface area contributed by atoms with Gasteiger partial charge in [-0.25, -0.2) is 4.79 Å². The molecule has 4 nitrogen and oxygen atoms in total. The van der Waals surface area contributed by atoms with Crippen molar-refractivity contribution in [3.63, 3.8) is 0 Å². The molecule has 0 bridgehead atoms. The average molecular weight is 514 g/mol. The summed E-state index contributed by atoms with van der Waals surface area (Å²) >= 11 is 0. The first kappa shape index (κ1) is 28.1. The van der Waals surface area contributed by atoms with Gasteiger partial charge < -0.3 is 4.90 Å². The lowest BCUT2D eigenvalue weighted by Gasteiger charge is -2.28. The maximum Gasteiger partial charge on any atom is 0.416 e. The van der Waals surface area contributed by atoms with Crippen molar-refractivity contribution in [1.82, 2.24) is 0 Å². The van der Waals surface area contributed by atoms with Crippen LogP contribution in [-0.2, 0) is 22.4 Å². The van der Waals surface area contributed by atoms with E-state index in [4.69, 9.17) is 9.78 Å². The van der Waals surface area contributed by atoms with Crippen molar-refractivity contribution in [2.24, 2.45) is 0 Å². The van der Waals surface area contributed by atoms with Crippen LogP contribution in [0.1, 0.15) is 61.8 Å². The van der Waals surface area contributed by atoms with Crippen molar-refractivity contribution in [2.75, 3.05) is 11.4 Å². The zero-order valence-corrected chi connectivity index (χ0v) is 21.8. The number of alkyl halides is 3. The van der Waals surface area contributed by atoms with Crippen LogP contribution in [0.3, 0.4) is 0 Å². The third-order valence-electron chi connectivity index (χ3n) is 6.24. The number of benzene rings is 3. The number of hydrogen-bond donors (Lipinski definition) is 0. The molecule has 0 spiro atoms. The predicted octanol–water partition coefficient (Wildman–Crippen LogP) is 8.43. The van der Waals surface area contributed by atoms with Gasteiger partial charge in [0.15, 0.2) is 5.75 Å². The lowest BCUT2D eigenvalue weighted by Crippen LogP contribution is -2.25. The molecule has 0 fully saturated rings. The fraction of sp³-hybridized carbons (Fsp3) is 0.367. The third kappa shape index (κ3) is 7.51. The van der Waals surface area contributed by atoms with Gasteiger partial charge in [-0.3, -0.25) is 9.78 Å². The average Bonchev–Trinajstić information content (AvgIpc) is 2.86. The first-order chi connectivity index (χ1) is 17.6. The maximum absolute atomic E-state index is 13.0. The highest BCUT2D eigenvalue weighted by molar-refractivity contribution is 5.74. The zero-order chi connectivity index (χ0) is 27.0. The molecule has 3 rings (SSSR count). The Bertz CT molecular complexity index is 1190. The largest absolute Gasteiger partial charge is 0.416 e. The second-order valence-electron chi connectivity index (χ2n) is 9.19. The molecule has 198 valence electrons. The smallest absolute Gasteiger partial charge is 0.367 e. The molecule has 0 unspecified atom stereocenters. The molecule has 0 saturated heterocycles. The Morgan fingerprint density at radius 3 is 2.30 bits per heavy atom. The number of carbonyl (C=O) groups is 1. The maximum atomic E-state index is 13.0. The molecule has 7 heteroatoms. The minimum absolute atomic E-state index is 0.300. The molecule has 0 saturated carbocycles. The van der Waals surface area contributed by atoms with Crippen LogP contribution in [0.5, 0.6) is 5.75 Å². The van der Waals surface area contributed by atoms with Crippen LogP contribution >= 0.6 is 0 Å². The van der Waals surface area contributed by atoms with Gasteiger partial charge in [0.25, 0.3) is 0 Å². The molecule has 0 aromatic heterocycles. The quantitative estimate of drug-likeness (QED) is 0.191. The number of carbonyl (C=O) groups excluding carboxylic acids is 1. The number of unbranched alkanes of at least 4 members (excludes halogenated alkanes) is 1. The van der Waals surface area contributed by atoms with Crippen molar-refractivity contribution >= 4 is 11.7 Å². The van der Waals surface area contributed by atoms with E-state index in [1.165, 1.54) is 12.1 Å². The van der Waals surface area contributed by atoms with Gasteiger partial charge in [-0.1, -0.05) is 56.7 Å². The Morgan fingerprint density at radius 1 is 0.946 bits per heavy atom. The van der Waals surface area contributed by atoms with Gasteiger partial charge in [-0.15, -0.1) is 0 Å². The van der Waals surface area contributed by atoms with Gasteiger partial charge in [0.2, 0.25) is 0 Å². The van der Waals surface area contributed by atoms with Crippen LogP contribution in [0, 0.1) is 13.8 Å². The summed E-state index contributed by atoms with van der Waals surface area (Å²) in [5, 5.41) is 0. The monoisotopic (exact) mass is 513 g/mol. The summed E-state index contributed by atoms with van der Waals surface area (Å²) in [4.78, 5) is 24.0. The van der Waals surface area contributed by atoms with Gasteiger partial charge >= 0.3 is 12.1 Å². The highest BCUT2D eigenvalue weighted by atomic mass is 19.4. The van der Waals surface area contributed by atoms with Crippen LogP contribution in [0.15, 0.2) is 60.7 Å². The third-order valence-corrected chi connectivity index (χ3v) is 6.24. The van der Waals surface area contributed by atoms with Gasteiger partial charge in [0, 0.05) is 25.2 Å². The molecule has 0 N–H and O–H groups in total. The fourth-order valence-corrected chi connectivity index (χ4v) is 4.21. The number of hydrogen-bond acceptors (Lipinski definition) is 4. The number of aryl methyl sites for hydroxylation is 1. The Labute approximate surface area is 216 Å². The van der Waals surface area contributed by atoms with Crippen molar-refractivity contribution in [1.29, 1.82) is 0 Å². The molecule has 0 aliphatic rings. The van der Waals surface area contributed by atoms with Gasteiger partial charge in [0.1, 0.15) is 0 Å². The van der Waals surface area contributed by atoms with Crippen molar-refractivity contribution in [3.05, 3.63) is 82.9 Å². The molecule has 0 amide bonds. The van der Waals surface area contributed by atoms with Crippen molar-refractivity contribution in [2.45, 2.75) is 66.1 Å². The van der Waals surface area contributed by atoms with Gasteiger partial charge in [-0.2, -0.15) is 13.2 Å². The van der Waals surface area contributed by atoms with E-state index in [1.54, 1.807) is 6.07 Å². The lowest BCUT2D eigenvalue weighted by atomic mass is 9.97. The summed E-state index contributed by atoms with van der Waals surface area (Å²) in [6.45, 7) is 9.42. The molecule has 0 atom stereocenters. The summed E-state index contributed by atoms with van der Waals surface area (Å²) in [6.07, 6.45) is -1.34. The molecule has 37 heavy (non-hydrogen) atoms. The molecule has 0 heterocycles. The fourth-order valence-electron chi connectivity index (χ4n) is 4.21. The normalized spacial score (nSPS) is 11.3. The summed E-state index contributed by atoms with van der Waals surface area (Å²) in [7, 11) is 0. The Hall–Kier alpha value is -3.48. The lowest BCUT2D eigenvalue weighted by molar-refractivity contribution is -0.214. The molecule has 0 aliphatic heterocycles. The number of nitrogens with zero attached hydrogens (tertiary/aromatic N) is 1. The Balaban J connectivity index is 1.84. The summed E-state index contributed by atoms with van der Waals surface area (Å²) in [5.41, 5.74) is 4.97. The van der Waals surface area contributed by atoms with E-state index in [9.17, 15) is 18.0 Å². The first-order valence-corrected chi connectivity index (χ1v) is 12.6. The SMILES string of the molecule is CCCCN(Cc1ccc(OOC(=O)CCC)c(C)c1)c1cccc(-c2ccc(C(F)(F)F)cc2)c1C. The number of halogens is 3. The van der Waals surface area contributed by atoms with Crippen LogP contribution in [0.2, 0.25) is 0 Å². The van der Waals surface area contributed by atoms with Crippen molar-refractivity contribution < 1.29 is 27.7 Å². The van der Waals surface area contributed by atoms with Gasteiger partial charge in [0.05, 0.1) is 5.56 Å². The highest BCUT2D eigenvalue weighted by Gasteiger charge is 2.30. The summed E-state index contributed by atoms with van der Waals surface area (Å²) < 4.78 is 39.1. The van der Waals surface area contributed by atoms with E-state index in [0.29, 0.717) is 25.1 Å². The van der Waals surface area contributed by atoms with Crippen LogP contribution in [0.25, 0.3) is 11.1 Å². The second kappa shape index (κ2) is 12.7. The molecule has 3 aromatic carbocycles. The highest BCUT2D eigenvalue weighted by Crippen LogP contribution is 2.35. The minimum atomic E-state index is -4.36. The van der Waals surface area contributed by atoms with E-state index in [1.807, 2.05) is 45.0 Å². The second-order valence-corrected chi connectivity index (χ2v) is 9.19. The zero-order valence-electron chi connectivity index (χ0n) is 21.8. The van der Waals surface area contributed by atoms with Crippen LogP contribution in [-0.4, -0.2) is 12.5 Å². The van der Waals surface area contributed by atoms with E-state index in [2.05, 4.69) is 17.9 Å². The van der Waals surface area contributed by atoms with Gasteiger partial charge in [-0.05, 0) is 78.8 Å². The number of anilines is 1. The first-order valence-electron chi connectivity index (χ1n) is 12.6. The molecule has 0 radical (unpaired) electrons. The number of rotatable bonds is 11. The van der Waals surface area contributed by atoms with E-state index in [0.717, 1.165) is 65.0 Å². The summed E-state index contributed by atoms with van der Waals surface area (Å²) in [6, 6.07) is 17.0. The van der Waals surface area contributed by atoms with Crippen molar-refractivity contribution in [3.8, 4) is 16.9 Å². The molecule has 0 aliphatic carbocycles.